The zero-order valence-electron chi connectivity index (χ0n) is 4.37. The zero-order valence-corrected chi connectivity index (χ0v) is 4.37. The molecule has 0 aromatic carbocycles. The number of rotatable bonds is 2. The third kappa shape index (κ3) is 3.93. The molecule has 0 fully saturated rings. The lowest BCUT2D eigenvalue weighted by molar-refractivity contribution is 0.339. The molecule has 0 heterocycles. The lowest BCUT2D eigenvalue weighted by Crippen LogP contribution is -1.87. The first-order chi connectivity index (χ1) is 2.77. The van der Waals surface area contributed by atoms with Crippen LogP contribution >= 0.6 is 0 Å². The number of halogens is 1. The van der Waals surface area contributed by atoms with Crippen LogP contribution in [-0.4, -0.2) is 6.17 Å². The van der Waals surface area contributed by atoms with Crippen molar-refractivity contribution in [2.45, 2.75) is 32.9 Å². The Labute approximate surface area is 38.4 Å². The minimum absolute atomic E-state index is 0.602. The predicted octanol–water partition coefficient (Wildman–Crippen LogP) is 2.14. The normalized spacial score (nSPS) is 14.5. The summed E-state index contributed by atoms with van der Waals surface area (Å²) in [5, 5.41) is 0. The first-order valence-corrected chi connectivity index (χ1v) is 2.41. The third-order valence-corrected chi connectivity index (χ3v) is 0.686. The van der Waals surface area contributed by atoms with E-state index in [0.717, 1.165) is 6.42 Å². The van der Waals surface area contributed by atoms with Gasteiger partial charge in [0.25, 0.3) is 0 Å². The molecule has 0 amide bonds. The van der Waals surface area contributed by atoms with Crippen LogP contribution in [0.5, 0.6) is 0 Å². The molecule has 0 rings (SSSR count). The molecular formula is C5H11F. The Morgan fingerprint density at radius 1 is 1.67 bits per heavy atom. The Bertz CT molecular complexity index is 25.1. The number of hydrogen-bond donors (Lipinski definition) is 0. The number of alkyl halides is 1. The molecular weight excluding hydrogens is 79.1 g/mol. The second-order valence-corrected chi connectivity index (χ2v) is 1.57. The minimum Gasteiger partial charge on any atom is -0.248 e. The lowest BCUT2D eigenvalue weighted by atomic mass is 10.2. The van der Waals surface area contributed by atoms with E-state index in [1.165, 1.54) is 0 Å². The van der Waals surface area contributed by atoms with E-state index in [-0.39, 0.29) is 0 Å². The van der Waals surface area contributed by atoms with Gasteiger partial charge in [0.15, 0.2) is 0 Å². The standard InChI is InChI=1S/C5H11F/c1-3-4-5(2)6/h5H,3-4H2,1-2H3. The Kier molecular flexibility index (Phi) is 3.10. The first-order valence-electron chi connectivity index (χ1n) is 2.41. The van der Waals surface area contributed by atoms with E-state index in [1.54, 1.807) is 6.92 Å². The Hall–Kier alpha value is -0.0700. The van der Waals surface area contributed by atoms with Crippen molar-refractivity contribution >= 4 is 0 Å². The van der Waals surface area contributed by atoms with Gasteiger partial charge in [-0.05, 0) is 13.3 Å². The van der Waals surface area contributed by atoms with Crippen molar-refractivity contribution in [1.29, 1.82) is 0 Å². The highest BCUT2D eigenvalue weighted by molar-refractivity contribution is 4.41. The molecule has 0 nitrogen and oxygen atoms in total. The van der Waals surface area contributed by atoms with E-state index in [1.807, 2.05) is 6.92 Å². The van der Waals surface area contributed by atoms with Crippen molar-refractivity contribution in [3.63, 3.8) is 0 Å². The zero-order chi connectivity index (χ0) is 4.99. The van der Waals surface area contributed by atoms with Crippen LogP contribution in [0, 0.1) is 0 Å². The molecule has 1 unspecified atom stereocenters. The summed E-state index contributed by atoms with van der Waals surface area (Å²) in [6.45, 7) is 3.57. The summed E-state index contributed by atoms with van der Waals surface area (Å²) in [6.07, 6.45) is 1.06. The van der Waals surface area contributed by atoms with Gasteiger partial charge in [-0.3, -0.25) is 0 Å². The van der Waals surface area contributed by atoms with Crippen LogP contribution in [0.3, 0.4) is 0 Å². The van der Waals surface area contributed by atoms with Crippen LogP contribution in [0.4, 0.5) is 4.39 Å². The summed E-state index contributed by atoms with van der Waals surface area (Å²) < 4.78 is 11.7. The smallest absolute Gasteiger partial charge is 0.0973 e. The van der Waals surface area contributed by atoms with E-state index in [9.17, 15) is 4.39 Å². The molecule has 0 saturated heterocycles. The fourth-order valence-electron chi connectivity index (χ4n) is 0.398. The monoisotopic (exact) mass is 90.1 g/mol. The molecule has 0 saturated carbocycles. The van der Waals surface area contributed by atoms with E-state index < -0.39 is 6.17 Å². The molecule has 0 aliphatic rings. The fourth-order valence-corrected chi connectivity index (χ4v) is 0.398. The van der Waals surface area contributed by atoms with Gasteiger partial charge < -0.3 is 0 Å². The van der Waals surface area contributed by atoms with Crippen LogP contribution in [0.25, 0.3) is 0 Å². The molecule has 0 bridgehead atoms. The van der Waals surface area contributed by atoms with Crippen LogP contribution in [-0.2, 0) is 0 Å². The minimum atomic E-state index is -0.602. The van der Waals surface area contributed by atoms with Crippen molar-refractivity contribution in [3.05, 3.63) is 0 Å². The third-order valence-electron chi connectivity index (χ3n) is 0.686. The Balaban J connectivity index is 2.63. The van der Waals surface area contributed by atoms with Gasteiger partial charge in [-0.1, -0.05) is 13.3 Å². The van der Waals surface area contributed by atoms with Gasteiger partial charge in [-0.2, -0.15) is 0 Å². The van der Waals surface area contributed by atoms with Crippen molar-refractivity contribution < 1.29 is 4.39 Å². The van der Waals surface area contributed by atoms with E-state index in [2.05, 4.69) is 0 Å². The molecule has 0 aliphatic heterocycles. The topological polar surface area (TPSA) is 0 Å². The lowest BCUT2D eigenvalue weighted by Gasteiger charge is -1.91. The molecule has 38 valence electrons. The second kappa shape index (κ2) is 3.13. The highest BCUT2D eigenvalue weighted by Gasteiger charge is 1.90. The van der Waals surface area contributed by atoms with E-state index in [0.29, 0.717) is 6.42 Å². The van der Waals surface area contributed by atoms with Gasteiger partial charge in [0.2, 0.25) is 0 Å². The summed E-state index contributed by atoms with van der Waals surface area (Å²) in [6, 6.07) is 0. The molecule has 1 heteroatoms. The van der Waals surface area contributed by atoms with Gasteiger partial charge in [-0.15, -0.1) is 0 Å². The maximum absolute atomic E-state index is 11.7. The van der Waals surface area contributed by atoms with Gasteiger partial charge in [0.05, 0.1) is 6.17 Å². The molecule has 6 heavy (non-hydrogen) atoms. The van der Waals surface area contributed by atoms with E-state index in [4.69, 9.17) is 0 Å². The van der Waals surface area contributed by atoms with Crippen LogP contribution < -0.4 is 0 Å². The summed E-state index contributed by atoms with van der Waals surface area (Å²) in [7, 11) is 0. The van der Waals surface area contributed by atoms with Gasteiger partial charge >= 0.3 is 0 Å². The summed E-state index contributed by atoms with van der Waals surface area (Å²) in [4.78, 5) is 0. The summed E-state index contributed by atoms with van der Waals surface area (Å²) in [5.41, 5.74) is 0. The number of hydrogen-bond acceptors (Lipinski definition) is 0. The molecule has 0 spiro atoms. The molecule has 0 aromatic rings. The molecule has 0 aromatic heterocycles. The Morgan fingerprint density at radius 3 is 2.17 bits per heavy atom. The Morgan fingerprint density at radius 2 is 2.17 bits per heavy atom. The first kappa shape index (κ1) is 5.93. The predicted molar refractivity (Wildman–Crippen MR) is 25.5 cm³/mol. The van der Waals surface area contributed by atoms with Gasteiger partial charge in [0.1, 0.15) is 0 Å². The summed E-state index contributed by atoms with van der Waals surface area (Å²) in [5.74, 6) is 0. The average molecular weight is 90.1 g/mol. The van der Waals surface area contributed by atoms with Crippen molar-refractivity contribution in [2.24, 2.45) is 0 Å². The van der Waals surface area contributed by atoms with Crippen LogP contribution in [0.15, 0.2) is 0 Å². The summed E-state index contributed by atoms with van der Waals surface area (Å²) >= 11 is 0. The second-order valence-electron chi connectivity index (χ2n) is 1.57. The molecule has 0 N–H and O–H groups in total. The van der Waals surface area contributed by atoms with Gasteiger partial charge in [-0.25, -0.2) is 4.39 Å². The molecule has 0 aliphatic carbocycles. The highest BCUT2D eigenvalue weighted by atomic mass is 19.1. The maximum atomic E-state index is 11.7. The maximum Gasteiger partial charge on any atom is 0.0973 e. The molecule has 0 radical (unpaired) electrons. The molecule has 1 atom stereocenters. The average Bonchev–Trinajstić information content (AvgIpc) is 1.35. The van der Waals surface area contributed by atoms with Crippen molar-refractivity contribution in [1.82, 2.24) is 0 Å². The SMILES string of the molecule is CCCC(C)F. The van der Waals surface area contributed by atoms with Crippen LogP contribution in [0.2, 0.25) is 0 Å². The van der Waals surface area contributed by atoms with E-state index >= 15 is 0 Å². The fraction of sp³-hybridized carbons (Fsp3) is 1.00. The quantitative estimate of drug-likeness (QED) is 0.487. The van der Waals surface area contributed by atoms with Crippen LogP contribution in [0.1, 0.15) is 26.7 Å². The highest BCUT2D eigenvalue weighted by Crippen LogP contribution is 1.97. The van der Waals surface area contributed by atoms with Gasteiger partial charge in [0, 0.05) is 0 Å². The van der Waals surface area contributed by atoms with Crippen molar-refractivity contribution in [3.8, 4) is 0 Å². The van der Waals surface area contributed by atoms with Crippen molar-refractivity contribution in [2.75, 3.05) is 0 Å². The largest absolute Gasteiger partial charge is 0.248 e.